The van der Waals surface area contributed by atoms with Crippen molar-refractivity contribution in [3.05, 3.63) is 18.0 Å². The third-order valence-corrected chi connectivity index (χ3v) is 1.97. The highest BCUT2D eigenvalue weighted by Crippen LogP contribution is 2.41. The van der Waals surface area contributed by atoms with Crippen molar-refractivity contribution >= 4 is 5.95 Å². The normalized spacial score (nSPS) is 19.7. The maximum Gasteiger partial charge on any atom is 0.220 e. The summed E-state index contributed by atoms with van der Waals surface area (Å²) in [5.41, 5.74) is 12.0. The Labute approximate surface area is 64.6 Å². The lowest BCUT2D eigenvalue weighted by molar-refractivity contribution is 0.705. The summed E-state index contributed by atoms with van der Waals surface area (Å²) in [5, 5.41) is 0. The second-order valence-corrected chi connectivity index (χ2v) is 2.96. The third kappa shape index (κ3) is 1.05. The first-order chi connectivity index (χ1) is 5.21. The Balaban J connectivity index is 2.38. The topological polar surface area (TPSA) is 77.8 Å². The fourth-order valence-corrected chi connectivity index (χ4v) is 1.04. The maximum absolute atomic E-state index is 5.89. The molecule has 58 valence electrons. The van der Waals surface area contributed by atoms with E-state index in [1.54, 1.807) is 6.20 Å². The first-order valence-corrected chi connectivity index (χ1v) is 3.59. The van der Waals surface area contributed by atoms with Gasteiger partial charge >= 0.3 is 0 Å². The van der Waals surface area contributed by atoms with Crippen LogP contribution in [0.3, 0.4) is 0 Å². The van der Waals surface area contributed by atoms with Crippen LogP contribution in [0.15, 0.2) is 12.3 Å². The molecule has 0 radical (unpaired) electrons. The molecule has 0 saturated heterocycles. The van der Waals surface area contributed by atoms with Gasteiger partial charge in [0.25, 0.3) is 0 Å². The number of anilines is 1. The molecular formula is C7H10N4. The summed E-state index contributed by atoms with van der Waals surface area (Å²) in [4.78, 5) is 7.84. The molecule has 2 rings (SSSR count). The molecule has 1 aromatic rings. The van der Waals surface area contributed by atoms with Crippen molar-refractivity contribution < 1.29 is 0 Å². The molecular weight excluding hydrogens is 140 g/mol. The summed E-state index contributed by atoms with van der Waals surface area (Å²) in [5.74, 6) is 0.305. The minimum Gasteiger partial charge on any atom is -0.368 e. The standard InChI is InChI=1S/C7H10N4/c8-6-10-4-1-5(11-6)7(9)2-3-7/h1,4H,2-3,9H2,(H2,8,10,11). The van der Waals surface area contributed by atoms with Gasteiger partial charge in [0.2, 0.25) is 5.95 Å². The van der Waals surface area contributed by atoms with Gasteiger partial charge in [-0.1, -0.05) is 0 Å². The number of hydrogen-bond donors (Lipinski definition) is 2. The second-order valence-electron chi connectivity index (χ2n) is 2.96. The Hall–Kier alpha value is -1.16. The molecule has 0 spiro atoms. The zero-order chi connectivity index (χ0) is 7.90. The fourth-order valence-electron chi connectivity index (χ4n) is 1.04. The first kappa shape index (κ1) is 6.54. The first-order valence-electron chi connectivity index (χ1n) is 3.59. The van der Waals surface area contributed by atoms with E-state index < -0.39 is 0 Å². The minimum absolute atomic E-state index is 0.197. The molecule has 0 aromatic carbocycles. The van der Waals surface area contributed by atoms with Crippen LogP contribution in [0.1, 0.15) is 18.5 Å². The number of aromatic nitrogens is 2. The van der Waals surface area contributed by atoms with Crippen molar-refractivity contribution in [2.75, 3.05) is 5.73 Å². The zero-order valence-corrected chi connectivity index (χ0v) is 6.12. The largest absolute Gasteiger partial charge is 0.368 e. The monoisotopic (exact) mass is 150 g/mol. The van der Waals surface area contributed by atoms with Gasteiger partial charge in [0, 0.05) is 6.20 Å². The van der Waals surface area contributed by atoms with Gasteiger partial charge in [0.1, 0.15) is 0 Å². The van der Waals surface area contributed by atoms with E-state index in [4.69, 9.17) is 11.5 Å². The van der Waals surface area contributed by atoms with Gasteiger partial charge in [-0.05, 0) is 18.9 Å². The summed E-state index contributed by atoms with van der Waals surface area (Å²) in [6.07, 6.45) is 3.65. The van der Waals surface area contributed by atoms with Crippen LogP contribution in [0.4, 0.5) is 5.95 Å². The Morgan fingerprint density at radius 3 is 2.73 bits per heavy atom. The average Bonchev–Trinajstić information content (AvgIpc) is 2.70. The van der Waals surface area contributed by atoms with E-state index in [2.05, 4.69) is 9.97 Å². The second kappa shape index (κ2) is 1.92. The molecule has 1 saturated carbocycles. The van der Waals surface area contributed by atoms with Gasteiger partial charge in [-0.2, -0.15) is 0 Å². The number of nitrogens with two attached hydrogens (primary N) is 2. The van der Waals surface area contributed by atoms with Gasteiger partial charge in [-0.25, -0.2) is 9.97 Å². The van der Waals surface area contributed by atoms with Gasteiger partial charge in [-0.15, -0.1) is 0 Å². The molecule has 1 heterocycles. The van der Waals surface area contributed by atoms with Crippen LogP contribution >= 0.6 is 0 Å². The van der Waals surface area contributed by atoms with E-state index in [9.17, 15) is 0 Å². The number of nitrogen functional groups attached to an aromatic ring is 1. The van der Waals surface area contributed by atoms with E-state index in [1.165, 1.54) is 0 Å². The van der Waals surface area contributed by atoms with Crippen LogP contribution in [0.2, 0.25) is 0 Å². The molecule has 0 unspecified atom stereocenters. The highest BCUT2D eigenvalue weighted by molar-refractivity contribution is 5.26. The molecule has 1 aliphatic carbocycles. The van der Waals surface area contributed by atoms with E-state index in [0.29, 0.717) is 5.95 Å². The Morgan fingerprint density at radius 1 is 1.45 bits per heavy atom. The molecule has 1 aromatic heterocycles. The number of hydrogen-bond acceptors (Lipinski definition) is 4. The number of nitrogens with zero attached hydrogens (tertiary/aromatic N) is 2. The molecule has 1 fully saturated rings. The van der Waals surface area contributed by atoms with Crippen molar-refractivity contribution in [2.45, 2.75) is 18.4 Å². The molecule has 11 heavy (non-hydrogen) atoms. The summed E-state index contributed by atoms with van der Waals surface area (Å²) in [7, 11) is 0. The van der Waals surface area contributed by atoms with E-state index in [1.807, 2.05) is 6.07 Å². The van der Waals surface area contributed by atoms with Crippen LogP contribution < -0.4 is 11.5 Å². The van der Waals surface area contributed by atoms with Crippen molar-refractivity contribution in [3.8, 4) is 0 Å². The van der Waals surface area contributed by atoms with E-state index in [-0.39, 0.29) is 5.54 Å². The SMILES string of the molecule is Nc1nccc(C2(N)CC2)n1. The summed E-state index contributed by atoms with van der Waals surface area (Å²) >= 11 is 0. The highest BCUT2D eigenvalue weighted by atomic mass is 15.0. The van der Waals surface area contributed by atoms with Crippen molar-refractivity contribution in [1.82, 2.24) is 9.97 Å². The molecule has 4 heteroatoms. The Morgan fingerprint density at radius 2 is 2.18 bits per heavy atom. The maximum atomic E-state index is 5.89. The van der Waals surface area contributed by atoms with Crippen LogP contribution in [-0.2, 0) is 5.54 Å². The lowest BCUT2D eigenvalue weighted by Crippen LogP contribution is -2.20. The molecule has 0 aliphatic heterocycles. The van der Waals surface area contributed by atoms with Crippen LogP contribution in [0, 0.1) is 0 Å². The smallest absolute Gasteiger partial charge is 0.220 e. The molecule has 0 amide bonds. The predicted molar refractivity (Wildman–Crippen MR) is 41.5 cm³/mol. The summed E-state index contributed by atoms with van der Waals surface area (Å²) < 4.78 is 0. The van der Waals surface area contributed by atoms with Gasteiger partial charge < -0.3 is 11.5 Å². The highest BCUT2D eigenvalue weighted by Gasteiger charge is 2.41. The van der Waals surface area contributed by atoms with E-state index in [0.717, 1.165) is 18.5 Å². The van der Waals surface area contributed by atoms with Gasteiger partial charge in [0.15, 0.2) is 0 Å². The predicted octanol–water partition coefficient (Wildman–Crippen LogP) is 0.00660. The lowest BCUT2D eigenvalue weighted by atomic mass is 10.2. The summed E-state index contributed by atoms with van der Waals surface area (Å²) in [6.45, 7) is 0. The Kier molecular flexibility index (Phi) is 1.14. The number of rotatable bonds is 1. The molecule has 0 atom stereocenters. The molecule has 4 nitrogen and oxygen atoms in total. The van der Waals surface area contributed by atoms with Crippen molar-refractivity contribution in [3.63, 3.8) is 0 Å². The lowest BCUT2D eigenvalue weighted by Gasteiger charge is -2.06. The molecule has 1 aliphatic rings. The quantitative estimate of drug-likeness (QED) is 0.591. The average molecular weight is 150 g/mol. The summed E-state index contributed by atoms with van der Waals surface area (Å²) in [6, 6.07) is 1.82. The van der Waals surface area contributed by atoms with Crippen molar-refractivity contribution in [2.24, 2.45) is 5.73 Å². The van der Waals surface area contributed by atoms with Crippen LogP contribution in [0.5, 0.6) is 0 Å². The van der Waals surface area contributed by atoms with Crippen LogP contribution in [-0.4, -0.2) is 9.97 Å². The Bertz CT molecular complexity index is 280. The molecule has 0 bridgehead atoms. The van der Waals surface area contributed by atoms with E-state index >= 15 is 0 Å². The van der Waals surface area contributed by atoms with Gasteiger partial charge in [-0.3, -0.25) is 0 Å². The van der Waals surface area contributed by atoms with Crippen molar-refractivity contribution in [1.29, 1.82) is 0 Å². The minimum atomic E-state index is -0.197. The molecule has 4 N–H and O–H groups in total. The third-order valence-electron chi connectivity index (χ3n) is 1.97. The zero-order valence-electron chi connectivity index (χ0n) is 6.12. The van der Waals surface area contributed by atoms with Gasteiger partial charge in [0.05, 0.1) is 11.2 Å². The fraction of sp³-hybridized carbons (Fsp3) is 0.429. The van der Waals surface area contributed by atoms with Crippen LogP contribution in [0.25, 0.3) is 0 Å².